The first-order valence-electron chi connectivity index (χ1n) is 9.08. The van der Waals surface area contributed by atoms with Crippen LogP contribution in [0.4, 0.5) is 4.39 Å². The molecule has 0 radical (unpaired) electrons. The third-order valence-corrected chi connectivity index (χ3v) is 4.73. The molecular formula is C21H23FN4O. The zero-order chi connectivity index (χ0) is 19.1. The Hall–Kier alpha value is -2.75. The van der Waals surface area contributed by atoms with E-state index in [0.29, 0.717) is 30.8 Å². The van der Waals surface area contributed by atoms with Crippen LogP contribution in [0.3, 0.4) is 0 Å². The molecule has 1 heterocycles. The monoisotopic (exact) mass is 366 g/mol. The van der Waals surface area contributed by atoms with Crippen molar-refractivity contribution in [3.8, 4) is 6.07 Å². The van der Waals surface area contributed by atoms with E-state index in [2.05, 4.69) is 15.1 Å². The van der Waals surface area contributed by atoms with Crippen LogP contribution in [0.5, 0.6) is 0 Å². The molecule has 0 aliphatic carbocycles. The summed E-state index contributed by atoms with van der Waals surface area (Å²) in [5.41, 5.74) is 2.10. The zero-order valence-electron chi connectivity index (χ0n) is 15.2. The standard InChI is InChI=1S/C21H23FN4O/c22-20-7-6-18(13-23)12-19(20)15-25-8-10-26(11-9-25)16-21(27)24-14-17-4-2-1-3-5-17/h1-7,12H,8-11,14-16H2,(H,24,27). The molecule has 0 saturated carbocycles. The van der Waals surface area contributed by atoms with Crippen LogP contribution in [0.15, 0.2) is 48.5 Å². The molecule has 27 heavy (non-hydrogen) atoms. The summed E-state index contributed by atoms with van der Waals surface area (Å²) >= 11 is 0. The molecule has 1 aliphatic rings. The molecule has 1 amide bonds. The summed E-state index contributed by atoms with van der Waals surface area (Å²) in [6, 6.07) is 16.3. The van der Waals surface area contributed by atoms with Crippen LogP contribution in [0.2, 0.25) is 0 Å². The van der Waals surface area contributed by atoms with E-state index >= 15 is 0 Å². The lowest BCUT2D eigenvalue weighted by atomic mass is 10.1. The van der Waals surface area contributed by atoms with E-state index in [4.69, 9.17) is 5.26 Å². The number of hydrogen-bond donors (Lipinski definition) is 1. The van der Waals surface area contributed by atoms with Crippen molar-refractivity contribution in [2.24, 2.45) is 0 Å². The third-order valence-electron chi connectivity index (χ3n) is 4.73. The molecule has 0 unspecified atom stereocenters. The van der Waals surface area contributed by atoms with Gasteiger partial charge in [-0.1, -0.05) is 30.3 Å². The van der Waals surface area contributed by atoms with E-state index < -0.39 is 0 Å². The van der Waals surface area contributed by atoms with Gasteiger partial charge in [-0.05, 0) is 23.8 Å². The minimum atomic E-state index is -0.281. The molecule has 5 nitrogen and oxygen atoms in total. The van der Waals surface area contributed by atoms with E-state index in [1.807, 2.05) is 36.4 Å². The molecule has 3 rings (SSSR count). The highest BCUT2D eigenvalue weighted by molar-refractivity contribution is 5.78. The smallest absolute Gasteiger partial charge is 0.234 e. The second-order valence-electron chi connectivity index (χ2n) is 6.73. The molecule has 2 aromatic rings. The Kier molecular flexibility index (Phi) is 6.53. The van der Waals surface area contributed by atoms with E-state index in [1.165, 1.54) is 12.1 Å². The van der Waals surface area contributed by atoms with Gasteiger partial charge in [0.05, 0.1) is 18.2 Å². The number of nitrogens with zero attached hydrogens (tertiary/aromatic N) is 3. The summed E-state index contributed by atoms with van der Waals surface area (Å²) in [5, 5.41) is 11.9. The molecule has 1 saturated heterocycles. The van der Waals surface area contributed by atoms with Gasteiger partial charge in [0.25, 0.3) is 0 Å². The van der Waals surface area contributed by atoms with E-state index in [9.17, 15) is 9.18 Å². The first kappa shape index (κ1) is 19.0. The van der Waals surface area contributed by atoms with E-state index in [1.54, 1.807) is 6.07 Å². The van der Waals surface area contributed by atoms with Crippen molar-refractivity contribution in [1.82, 2.24) is 15.1 Å². The number of rotatable bonds is 6. The van der Waals surface area contributed by atoms with Gasteiger partial charge >= 0.3 is 0 Å². The van der Waals surface area contributed by atoms with Gasteiger partial charge in [-0.2, -0.15) is 5.26 Å². The number of benzene rings is 2. The van der Waals surface area contributed by atoms with Crippen molar-refractivity contribution >= 4 is 5.91 Å². The Bertz CT molecular complexity index is 811. The van der Waals surface area contributed by atoms with E-state index in [-0.39, 0.29) is 11.7 Å². The molecule has 140 valence electrons. The first-order chi connectivity index (χ1) is 13.1. The van der Waals surface area contributed by atoms with Gasteiger partial charge in [-0.25, -0.2) is 4.39 Å². The SMILES string of the molecule is N#Cc1ccc(F)c(CN2CCN(CC(=O)NCc3ccccc3)CC2)c1. The van der Waals surface area contributed by atoms with Crippen LogP contribution in [-0.2, 0) is 17.9 Å². The van der Waals surface area contributed by atoms with Crippen molar-refractivity contribution in [1.29, 1.82) is 5.26 Å². The maximum atomic E-state index is 13.9. The Morgan fingerprint density at radius 3 is 2.48 bits per heavy atom. The van der Waals surface area contributed by atoms with Gasteiger partial charge in [-0.15, -0.1) is 0 Å². The van der Waals surface area contributed by atoms with Crippen molar-refractivity contribution in [2.75, 3.05) is 32.7 Å². The Labute approximate surface area is 159 Å². The van der Waals surface area contributed by atoms with Crippen molar-refractivity contribution < 1.29 is 9.18 Å². The molecule has 0 aromatic heterocycles. The van der Waals surface area contributed by atoms with Crippen molar-refractivity contribution in [3.63, 3.8) is 0 Å². The highest BCUT2D eigenvalue weighted by Gasteiger charge is 2.20. The normalized spacial score (nSPS) is 15.3. The van der Waals surface area contributed by atoms with Crippen LogP contribution in [0.1, 0.15) is 16.7 Å². The van der Waals surface area contributed by atoms with Gasteiger partial charge in [-0.3, -0.25) is 14.6 Å². The lowest BCUT2D eigenvalue weighted by Gasteiger charge is -2.34. The highest BCUT2D eigenvalue weighted by Crippen LogP contribution is 2.14. The van der Waals surface area contributed by atoms with Crippen LogP contribution in [0, 0.1) is 17.1 Å². The minimum absolute atomic E-state index is 0.0140. The van der Waals surface area contributed by atoms with Gasteiger partial charge < -0.3 is 5.32 Å². The number of nitrogens with one attached hydrogen (secondary N) is 1. The topological polar surface area (TPSA) is 59.4 Å². The lowest BCUT2D eigenvalue weighted by molar-refractivity contribution is -0.122. The summed E-state index contributed by atoms with van der Waals surface area (Å²) in [5.74, 6) is -0.267. The largest absolute Gasteiger partial charge is 0.351 e. The van der Waals surface area contributed by atoms with Gasteiger partial charge in [0, 0.05) is 44.8 Å². The summed E-state index contributed by atoms with van der Waals surface area (Å²) < 4.78 is 13.9. The Morgan fingerprint density at radius 2 is 1.78 bits per heavy atom. The third kappa shape index (κ3) is 5.61. The average Bonchev–Trinajstić information content (AvgIpc) is 2.70. The fourth-order valence-corrected chi connectivity index (χ4v) is 3.17. The fourth-order valence-electron chi connectivity index (χ4n) is 3.17. The molecule has 1 N–H and O–H groups in total. The second-order valence-corrected chi connectivity index (χ2v) is 6.73. The Morgan fingerprint density at radius 1 is 1.07 bits per heavy atom. The molecule has 1 aliphatic heterocycles. The molecule has 0 bridgehead atoms. The maximum absolute atomic E-state index is 13.9. The highest BCUT2D eigenvalue weighted by atomic mass is 19.1. The number of piperazine rings is 1. The summed E-state index contributed by atoms with van der Waals surface area (Å²) in [4.78, 5) is 16.4. The zero-order valence-corrected chi connectivity index (χ0v) is 15.2. The van der Waals surface area contributed by atoms with Crippen LogP contribution >= 0.6 is 0 Å². The van der Waals surface area contributed by atoms with Crippen LogP contribution in [0.25, 0.3) is 0 Å². The predicted molar refractivity (Wildman–Crippen MR) is 101 cm³/mol. The Balaban J connectivity index is 1.42. The number of halogens is 1. The molecule has 0 atom stereocenters. The van der Waals surface area contributed by atoms with Crippen molar-refractivity contribution in [2.45, 2.75) is 13.1 Å². The second kappa shape index (κ2) is 9.26. The molecule has 0 spiro atoms. The van der Waals surface area contributed by atoms with Crippen molar-refractivity contribution in [3.05, 3.63) is 71.0 Å². The summed E-state index contributed by atoms with van der Waals surface area (Å²) in [7, 11) is 0. The molecule has 6 heteroatoms. The number of amides is 1. The minimum Gasteiger partial charge on any atom is -0.351 e. The quantitative estimate of drug-likeness (QED) is 0.851. The fraction of sp³-hybridized carbons (Fsp3) is 0.333. The number of carbonyl (C=O) groups excluding carboxylic acids is 1. The number of nitriles is 1. The molecule has 2 aromatic carbocycles. The van der Waals surface area contributed by atoms with Crippen LogP contribution in [-0.4, -0.2) is 48.4 Å². The number of carbonyl (C=O) groups is 1. The molecule has 1 fully saturated rings. The van der Waals surface area contributed by atoms with Gasteiger partial charge in [0.2, 0.25) is 5.91 Å². The number of hydrogen-bond acceptors (Lipinski definition) is 4. The van der Waals surface area contributed by atoms with Crippen LogP contribution < -0.4 is 5.32 Å². The van der Waals surface area contributed by atoms with Gasteiger partial charge in [0.1, 0.15) is 5.82 Å². The lowest BCUT2D eigenvalue weighted by Crippen LogP contribution is -2.49. The summed E-state index contributed by atoms with van der Waals surface area (Å²) in [6.45, 7) is 4.45. The van der Waals surface area contributed by atoms with Gasteiger partial charge in [0.15, 0.2) is 0 Å². The molecular weight excluding hydrogens is 343 g/mol. The predicted octanol–water partition coefficient (Wildman–Crippen LogP) is 2.13. The maximum Gasteiger partial charge on any atom is 0.234 e. The average molecular weight is 366 g/mol. The van der Waals surface area contributed by atoms with E-state index in [0.717, 1.165) is 31.7 Å². The summed E-state index contributed by atoms with van der Waals surface area (Å²) in [6.07, 6.45) is 0. The first-order valence-corrected chi connectivity index (χ1v) is 9.08.